The fourth-order valence-electron chi connectivity index (χ4n) is 2.31. The first-order valence-electron chi connectivity index (χ1n) is 6.49. The first kappa shape index (κ1) is 14.0. The summed E-state index contributed by atoms with van der Waals surface area (Å²) in [5.41, 5.74) is 2.02. The standard InChI is InChI=1S/C14H20N2O3/c1-19-9-11(8-17)15-13-7-6-10-4-2-3-5-12(10)16-14(13)18/h2-5,11,13,15,17H,6-9H2,1H3,(H,16,18). The van der Waals surface area contributed by atoms with Gasteiger partial charge < -0.3 is 15.2 Å². The predicted octanol–water partition coefficient (Wildman–Crippen LogP) is 0.537. The molecule has 0 radical (unpaired) electrons. The number of hydrogen-bond donors (Lipinski definition) is 3. The zero-order chi connectivity index (χ0) is 13.7. The molecule has 1 aromatic rings. The molecule has 3 N–H and O–H groups in total. The highest BCUT2D eigenvalue weighted by Gasteiger charge is 2.25. The molecule has 0 spiro atoms. The predicted molar refractivity (Wildman–Crippen MR) is 73.1 cm³/mol. The van der Waals surface area contributed by atoms with Crippen molar-refractivity contribution in [2.45, 2.75) is 24.9 Å². The Morgan fingerprint density at radius 2 is 2.32 bits per heavy atom. The van der Waals surface area contributed by atoms with E-state index in [-0.39, 0.29) is 24.6 Å². The van der Waals surface area contributed by atoms with E-state index in [1.165, 1.54) is 0 Å². The number of anilines is 1. The first-order chi connectivity index (χ1) is 9.24. The topological polar surface area (TPSA) is 70.6 Å². The van der Waals surface area contributed by atoms with Gasteiger partial charge in [-0.3, -0.25) is 10.1 Å². The van der Waals surface area contributed by atoms with Crippen LogP contribution in [0.4, 0.5) is 5.69 Å². The Morgan fingerprint density at radius 1 is 1.53 bits per heavy atom. The first-order valence-corrected chi connectivity index (χ1v) is 6.49. The average Bonchev–Trinajstić information content (AvgIpc) is 2.58. The number of rotatable bonds is 5. The Kier molecular flexibility index (Phi) is 4.90. The number of nitrogens with one attached hydrogen (secondary N) is 2. The summed E-state index contributed by atoms with van der Waals surface area (Å²) in [5, 5.41) is 15.3. The molecule has 1 heterocycles. The minimum Gasteiger partial charge on any atom is -0.395 e. The highest BCUT2D eigenvalue weighted by Crippen LogP contribution is 2.21. The molecule has 0 aliphatic carbocycles. The van der Waals surface area contributed by atoms with Gasteiger partial charge in [0.05, 0.1) is 25.3 Å². The largest absolute Gasteiger partial charge is 0.395 e. The molecule has 0 fully saturated rings. The molecule has 0 bridgehead atoms. The maximum Gasteiger partial charge on any atom is 0.241 e. The van der Waals surface area contributed by atoms with Gasteiger partial charge in [0, 0.05) is 12.8 Å². The van der Waals surface area contributed by atoms with Gasteiger partial charge in [0.2, 0.25) is 5.91 Å². The number of benzene rings is 1. The van der Waals surface area contributed by atoms with Crippen molar-refractivity contribution < 1.29 is 14.6 Å². The third-order valence-electron chi connectivity index (χ3n) is 3.32. The number of ether oxygens (including phenoxy) is 1. The quantitative estimate of drug-likeness (QED) is 0.726. The van der Waals surface area contributed by atoms with Gasteiger partial charge in [-0.2, -0.15) is 0 Å². The third kappa shape index (κ3) is 3.53. The van der Waals surface area contributed by atoms with Crippen LogP contribution in [-0.4, -0.2) is 43.4 Å². The molecule has 5 heteroatoms. The van der Waals surface area contributed by atoms with Gasteiger partial charge in [0.1, 0.15) is 0 Å². The number of carbonyl (C=O) groups is 1. The Morgan fingerprint density at radius 3 is 3.05 bits per heavy atom. The van der Waals surface area contributed by atoms with E-state index in [2.05, 4.69) is 10.6 Å². The van der Waals surface area contributed by atoms with Gasteiger partial charge in [-0.05, 0) is 24.5 Å². The van der Waals surface area contributed by atoms with Gasteiger partial charge in [-0.25, -0.2) is 0 Å². The minimum absolute atomic E-state index is 0.0510. The Hall–Kier alpha value is -1.43. The number of aliphatic hydroxyl groups excluding tert-OH is 1. The smallest absolute Gasteiger partial charge is 0.241 e. The minimum atomic E-state index is -0.306. The Bertz CT molecular complexity index is 436. The molecule has 104 valence electrons. The second-order valence-electron chi connectivity index (χ2n) is 4.74. The fourth-order valence-corrected chi connectivity index (χ4v) is 2.31. The fraction of sp³-hybridized carbons (Fsp3) is 0.500. The molecule has 5 nitrogen and oxygen atoms in total. The second kappa shape index (κ2) is 6.65. The van der Waals surface area contributed by atoms with Crippen molar-refractivity contribution >= 4 is 11.6 Å². The molecule has 19 heavy (non-hydrogen) atoms. The van der Waals surface area contributed by atoms with Crippen molar-refractivity contribution in [1.82, 2.24) is 5.32 Å². The summed E-state index contributed by atoms with van der Waals surface area (Å²) >= 11 is 0. The normalized spacial score (nSPS) is 20.3. The number of methoxy groups -OCH3 is 1. The van der Waals surface area contributed by atoms with Crippen LogP contribution in [0.25, 0.3) is 0 Å². The van der Waals surface area contributed by atoms with Crippen molar-refractivity contribution in [3.63, 3.8) is 0 Å². The van der Waals surface area contributed by atoms with Crippen LogP contribution in [0.15, 0.2) is 24.3 Å². The van der Waals surface area contributed by atoms with Crippen LogP contribution < -0.4 is 10.6 Å². The van der Waals surface area contributed by atoms with E-state index < -0.39 is 0 Å². The monoisotopic (exact) mass is 264 g/mol. The number of para-hydroxylation sites is 1. The summed E-state index contributed by atoms with van der Waals surface area (Å²) in [6, 6.07) is 7.29. The van der Waals surface area contributed by atoms with E-state index in [0.29, 0.717) is 13.0 Å². The van der Waals surface area contributed by atoms with Crippen molar-refractivity contribution in [2.24, 2.45) is 0 Å². The van der Waals surface area contributed by atoms with E-state index in [1.807, 2.05) is 24.3 Å². The lowest BCUT2D eigenvalue weighted by Gasteiger charge is -2.21. The van der Waals surface area contributed by atoms with Crippen LogP contribution in [0.2, 0.25) is 0 Å². The summed E-state index contributed by atoms with van der Waals surface area (Å²) in [6.07, 6.45) is 1.54. The molecule has 1 aromatic carbocycles. The Balaban J connectivity index is 2.03. The van der Waals surface area contributed by atoms with E-state index in [9.17, 15) is 9.90 Å². The third-order valence-corrected chi connectivity index (χ3v) is 3.32. The molecule has 1 amide bonds. The Labute approximate surface area is 113 Å². The molecule has 0 saturated carbocycles. The maximum atomic E-state index is 12.1. The van der Waals surface area contributed by atoms with Crippen LogP contribution >= 0.6 is 0 Å². The molecule has 1 aliphatic heterocycles. The zero-order valence-electron chi connectivity index (χ0n) is 11.1. The lowest BCUT2D eigenvalue weighted by Crippen LogP contribution is -2.48. The molecular weight excluding hydrogens is 244 g/mol. The molecule has 2 rings (SSSR count). The van der Waals surface area contributed by atoms with Crippen molar-refractivity contribution in [3.05, 3.63) is 29.8 Å². The highest BCUT2D eigenvalue weighted by atomic mass is 16.5. The van der Waals surface area contributed by atoms with Gasteiger partial charge >= 0.3 is 0 Å². The van der Waals surface area contributed by atoms with Crippen molar-refractivity contribution in [3.8, 4) is 0 Å². The van der Waals surface area contributed by atoms with E-state index in [4.69, 9.17) is 4.74 Å². The van der Waals surface area contributed by atoms with Crippen LogP contribution in [0.3, 0.4) is 0 Å². The average molecular weight is 264 g/mol. The van der Waals surface area contributed by atoms with E-state index in [0.717, 1.165) is 17.7 Å². The summed E-state index contributed by atoms with van der Waals surface area (Å²) in [7, 11) is 1.58. The summed E-state index contributed by atoms with van der Waals surface area (Å²) in [5.74, 6) is -0.0560. The van der Waals surface area contributed by atoms with Crippen molar-refractivity contribution in [1.29, 1.82) is 0 Å². The van der Waals surface area contributed by atoms with E-state index >= 15 is 0 Å². The molecule has 0 saturated heterocycles. The molecule has 2 atom stereocenters. The maximum absolute atomic E-state index is 12.1. The number of carbonyl (C=O) groups excluding carboxylic acids is 1. The summed E-state index contributed by atoms with van der Waals surface area (Å²) in [4.78, 5) is 12.1. The lowest BCUT2D eigenvalue weighted by molar-refractivity contribution is -0.118. The zero-order valence-corrected chi connectivity index (χ0v) is 11.1. The van der Waals surface area contributed by atoms with E-state index in [1.54, 1.807) is 7.11 Å². The number of aliphatic hydroxyl groups is 1. The second-order valence-corrected chi connectivity index (χ2v) is 4.74. The number of amides is 1. The SMILES string of the molecule is COCC(CO)NC1CCc2ccccc2NC1=O. The highest BCUT2D eigenvalue weighted by molar-refractivity contribution is 5.96. The molecular formula is C14H20N2O3. The van der Waals surface area contributed by atoms with Crippen LogP contribution in [0, 0.1) is 0 Å². The van der Waals surface area contributed by atoms with Crippen LogP contribution in [0.1, 0.15) is 12.0 Å². The lowest BCUT2D eigenvalue weighted by atomic mass is 10.1. The molecule has 1 aliphatic rings. The summed E-state index contributed by atoms with van der Waals surface area (Å²) < 4.78 is 5.01. The number of hydrogen-bond acceptors (Lipinski definition) is 4. The van der Waals surface area contributed by atoms with Crippen molar-refractivity contribution in [2.75, 3.05) is 25.6 Å². The number of aryl methyl sites for hydroxylation is 1. The number of fused-ring (bicyclic) bond motifs is 1. The van der Waals surface area contributed by atoms with Gasteiger partial charge in [0.15, 0.2) is 0 Å². The van der Waals surface area contributed by atoms with Crippen LogP contribution in [0.5, 0.6) is 0 Å². The van der Waals surface area contributed by atoms with Crippen LogP contribution in [-0.2, 0) is 16.0 Å². The van der Waals surface area contributed by atoms with Gasteiger partial charge in [-0.1, -0.05) is 18.2 Å². The van der Waals surface area contributed by atoms with Gasteiger partial charge in [-0.15, -0.1) is 0 Å². The molecule has 0 aromatic heterocycles. The van der Waals surface area contributed by atoms with Gasteiger partial charge in [0.25, 0.3) is 0 Å². The molecule has 2 unspecified atom stereocenters. The summed E-state index contributed by atoms with van der Waals surface area (Å²) in [6.45, 7) is 0.331.